The van der Waals surface area contributed by atoms with Crippen LogP contribution in [0.1, 0.15) is 23.3 Å². The molecule has 0 fully saturated rings. The number of halogens is 1. The molecule has 1 N–H and O–H groups in total. The monoisotopic (exact) mass is 443 g/mol. The number of aromatic nitrogens is 2. The molecule has 2 aromatic heterocycles. The fourth-order valence-corrected chi connectivity index (χ4v) is 4.59. The Labute approximate surface area is 183 Å². The number of nitrogens with one attached hydrogen (secondary N) is 1. The number of nitrogens with zero attached hydrogens (tertiary/aromatic N) is 2. The molecule has 3 heterocycles. The molecule has 8 heteroatoms. The van der Waals surface area contributed by atoms with Crippen LogP contribution in [0.15, 0.2) is 47.1 Å². The number of hydrogen-bond acceptors (Lipinski definition) is 6. The van der Waals surface area contributed by atoms with E-state index in [1.165, 1.54) is 28.8 Å². The van der Waals surface area contributed by atoms with Crippen molar-refractivity contribution in [2.75, 3.05) is 12.8 Å². The van der Waals surface area contributed by atoms with E-state index in [1.807, 2.05) is 17.7 Å². The second-order valence-electron chi connectivity index (χ2n) is 7.05. The van der Waals surface area contributed by atoms with Crippen molar-refractivity contribution in [2.45, 2.75) is 36.9 Å². The largest absolute Gasteiger partial charge is 0.487 e. The summed E-state index contributed by atoms with van der Waals surface area (Å²) in [6.07, 6.45) is 6.10. The number of rotatable bonds is 8. The summed E-state index contributed by atoms with van der Waals surface area (Å²) in [5.74, 6) is 0.326. The van der Waals surface area contributed by atoms with Gasteiger partial charge in [-0.15, -0.1) is 11.3 Å². The summed E-state index contributed by atoms with van der Waals surface area (Å²) in [4.78, 5) is 22.1. The first-order valence-electron chi connectivity index (χ1n) is 9.78. The number of amides is 1. The van der Waals surface area contributed by atoms with E-state index < -0.39 is 0 Å². The minimum Gasteiger partial charge on any atom is -0.487 e. The van der Waals surface area contributed by atoms with Crippen molar-refractivity contribution in [3.05, 3.63) is 58.2 Å². The van der Waals surface area contributed by atoms with Crippen molar-refractivity contribution < 1.29 is 13.9 Å². The van der Waals surface area contributed by atoms with Crippen molar-refractivity contribution in [1.29, 1.82) is 0 Å². The van der Waals surface area contributed by atoms with E-state index in [4.69, 9.17) is 4.74 Å². The number of ether oxygens (including phenoxy) is 1. The minimum absolute atomic E-state index is 0.0120. The third-order valence-electron chi connectivity index (χ3n) is 4.89. The summed E-state index contributed by atoms with van der Waals surface area (Å²) in [5, 5.41) is 5.62. The SMILES string of the molecule is CSc1nccc(-c2cc(F)cc3c2O[C@@H](CNC(=O)CCCc2cccs2)C3)n1. The van der Waals surface area contributed by atoms with Crippen LogP contribution in [-0.2, 0) is 17.6 Å². The molecule has 1 aromatic carbocycles. The number of fused-ring (bicyclic) bond motifs is 1. The highest BCUT2D eigenvalue weighted by Crippen LogP contribution is 2.39. The summed E-state index contributed by atoms with van der Waals surface area (Å²) in [6.45, 7) is 0.396. The highest BCUT2D eigenvalue weighted by atomic mass is 32.2. The van der Waals surface area contributed by atoms with E-state index in [9.17, 15) is 9.18 Å². The normalized spacial score (nSPS) is 14.9. The van der Waals surface area contributed by atoms with Gasteiger partial charge in [-0.05, 0) is 48.7 Å². The number of benzene rings is 1. The lowest BCUT2D eigenvalue weighted by molar-refractivity contribution is -0.121. The standard InChI is InChI=1S/C22H22FN3O2S2/c1-29-22-24-8-7-19(26-22)18-12-15(23)10-14-11-16(28-21(14)18)13-25-20(27)6-2-4-17-5-3-9-30-17/h3,5,7-10,12,16H,2,4,6,11,13H2,1H3,(H,25,27)/t16-/m1/s1. The lowest BCUT2D eigenvalue weighted by Crippen LogP contribution is -2.34. The van der Waals surface area contributed by atoms with Crippen molar-refractivity contribution in [2.24, 2.45) is 0 Å². The van der Waals surface area contributed by atoms with Gasteiger partial charge in [0.1, 0.15) is 17.7 Å². The second-order valence-corrected chi connectivity index (χ2v) is 8.86. The van der Waals surface area contributed by atoms with E-state index >= 15 is 0 Å². The van der Waals surface area contributed by atoms with Crippen molar-refractivity contribution in [3.8, 4) is 17.0 Å². The molecule has 5 nitrogen and oxygen atoms in total. The molecule has 1 aliphatic rings. The van der Waals surface area contributed by atoms with Crippen LogP contribution in [0.3, 0.4) is 0 Å². The number of aryl methyl sites for hydroxylation is 1. The summed E-state index contributed by atoms with van der Waals surface area (Å²) in [7, 11) is 0. The number of thioether (sulfide) groups is 1. The quantitative estimate of drug-likeness (QED) is 0.410. The Balaban J connectivity index is 1.36. The van der Waals surface area contributed by atoms with E-state index in [-0.39, 0.29) is 17.8 Å². The van der Waals surface area contributed by atoms with Crippen molar-refractivity contribution >= 4 is 29.0 Å². The summed E-state index contributed by atoms with van der Waals surface area (Å²) < 4.78 is 20.3. The van der Waals surface area contributed by atoms with Crippen LogP contribution in [0.5, 0.6) is 5.75 Å². The van der Waals surface area contributed by atoms with Gasteiger partial charge in [0, 0.05) is 35.0 Å². The van der Waals surface area contributed by atoms with Gasteiger partial charge in [-0.1, -0.05) is 17.8 Å². The Morgan fingerprint density at radius 3 is 3.10 bits per heavy atom. The fraction of sp³-hybridized carbons (Fsp3) is 0.318. The molecule has 1 aliphatic heterocycles. The molecule has 0 unspecified atom stereocenters. The summed E-state index contributed by atoms with van der Waals surface area (Å²) >= 11 is 3.14. The van der Waals surface area contributed by atoms with E-state index in [0.717, 1.165) is 18.4 Å². The maximum atomic E-state index is 14.2. The third kappa shape index (κ3) is 4.99. The first kappa shape index (κ1) is 20.8. The van der Waals surface area contributed by atoms with Crippen LogP contribution in [0, 0.1) is 5.82 Å². The Morgan fingerprint density at radius 2 is 2.30 bits per heavy atom. The molecule has 0 spiro atoms. The zero-order valence-corrected chi connectivity index (χ0v) is 18.2. The van der Waals surface area contributed by atoms with E-state index in [2.05, 4.69) is 21.4 Å². The van der Waals surface area contributed by atoms with Gasteiger partial charge in [-0.25, -0.2) is 14.4 Å². The highest BCUT2D eigenvalue weighted by molar-refractivity contribution is 7.98. The molecule has 3 aromatic rings. The topological polar surface area (TPSA) is 64.1 Å². The average Bonchev–Trinajstić information content (AvgIpc) is 3.41. The molecule has 4 rings (SSSR count). The fourth-order valence-electron chi connectivity index (χ4n) is 3.48. The Hall–Kier alpha value is -2.45. The van der Waals surface area contributed by atoms with E-state index in [1.54, 1.807) is 23.6 Å². The lowest BCUT2D eigenvalue weighted by atomic mass is 10.0. The average molecular weight is 444 g/mol. The zero-order valence-electron chi connectivity index (χ0n) is 16.6. The molecule has 30 heavy (non-hydrogen) atoms. The Morgan fingerprint density at radius 1 is 1.40 bits per heavy atom. The van der Waals surface area contributed by atoms with Gasteiger partial charge >= 0.3 is 0 Å². The van der Waals surface area contributed by atoms with Gasteiger partial charge in [-0.2, -0.15) is 0 Å². The van der Waals surface area contributed by atoms with Gasteiger partial charge < -0.3 is 10.1 Å². The van der Waals surface area contributed by atoms with Crippen LogP contribution in [0.25, 0.3) is 11.3 Å². The van der Waals surface area contributed by atoms with Crippen LogP contribution in [-0.4, -0.2) is 34.8 Å². The third-order valence-corrected chi connectivity index (χ3v) is 6.39. The molecule has 0 saturated carbocycles. The zero-order chi connectivity index (χ0) is 20.9. The molecule has 0 saturated heterocycles. The Bertz CT molecular complexity index is 1030. The van der Waals surface area contributed by atoms with Crippen LogP contribution in [0.2, 0.25) is 0 Å². The predicted octanol–water partition coefficient (Wildman–Crippen LogP) is 4.51. The first-order chi connectivity index (χ1) is 14.6. The smallest absolute Gasteiger partial charge is 0.220 e. The predicted molar refractivity (Wildman–Crippen MR) is 118 cm³/mol. The summed E-state index contributed by atoms with van der Waals surface area (Å²) in [6, 6.07) is 8.80. The molecule has 0 radical (unpaired) electrons. The van der Waals surface area contributed by atoms with Gasteiger partial charge in [0.25, 0.3) is 0 Å². The number of carbonyl (C=O) groups excluding carboxylic acids is 1. The Kier molecular flexibility index (Phi) is 6.64. The number of thiophene rings is 1. The van der Waals surface area contributed by atoms with Crippen molar-refractivity contribution in [1.82, 2.24) is 15.3 Å². The van der Waals surface area contributed by atoms with Crippen LogP contribution in [0.4, 0.5) is 4.39 Å². The maximum absolute atomic E-state index is 14.2. The van der Waals surface area contributed by atoms with Crippen LogP contribution >= 0.6 is 23.1 Å². The van der Waals surface area contributed by atoms with Gasteiger partial charge in [0.05, 0.1) is 12.2 Å². The summed E-state index contributed by atoms with van der Waals surface area (Å²) in [5.41, 5.74) is 2.04. The van der Waals surface area contributed by atoms with Gasteiger partial charge in [-0.3, -0.25) is 4.79 Å². The van der Waals surface area contributed by atoms with Crippen LogP contribution < -0.4 is 10.1 Å². The molecular formula is C22H22FN3O2S2. The van der Waals surface area contributed by atoms with Crippen molar-refractivity contribution in [3.63, 3.8) is 0 Å². The molecular weight excluding hydrogens is 421 g/mol. The lowest BCUT2D eigenvalue weighted by Gasteiger charge is -2.13. The van der Waals surface area contributed by atoms with Gasteiger partial charge in [0.2, 0.25) is 5.91 Å². The second kappa shape index (κ2) is 9.57. The molecule has 0 bridgehead atoms. The first-order valence-corrected chi connectivity index (χ1v) is 11.9. The van der Waals surface area contributed by atoms with E-state index in [0.29, 0.717) is 41.5 Å². The minimum atomic E-state index is -0.324. The molecule has 0 aliphatic carbocycles. The molecule has 156 valence electrons. The highest BCUT2D eigenvalue weighted by Gasteiger charge is 2.27. The number of hydrogen-bond donors (Lipinski definition) is 1. The molecule has 1 amide bonds. The maximum Gasteiger partial charge on any atom is 0.220 e. The van der Waals surface area contributed by atoms with Gasteiger partial charge in [0.15, 0.2) is 5.16 Å². The number of carbonyl (C=O) groups is 1. The molecule has 1 atom stereocenters.